The van der Waals surface area contributed by atoms with Gasteiger partial charge in [-0.05, 0) is 24.2 Å². The number of aromatic amines is 1. The number of hydrogen-bond acceptors (Lipinski definition) is 6. The number of nitrogens with zero attached hydrogens (tertiary/aromatic N) is 3. The third-order valence-corrected chi connectivity index (χ3v) is 4.80. The third-order valence-electron chi connectivity index (χ3n) is 4.49. The Morgan fingerprint density at radius 1 is 1.44 bits per heavy atom. The number of esters is 1. The van der Waals surface area contributed by atoms with Crippen LogP contribution in [0.25, 0.3) is 11.4 Å². The molecular formula is C17H22N4O3S. The van der Waals surface area contributed by atoms with Crippen LogP contribution in [0.2, 0.25) is 0 Å². The number of aryl methyl sites for hydroxylation is 1. The number of carbonyl (C=O) groups excluding carboxylic acids is 1. The second-order valence-electron chi connectivity index (χ2n) is 6.17. The predicted octanol–water partition coefficient (Wildman–Crippen LogP) is 1.74. The van der Waals surface area contributed by atoms with Crippen LogP contribution >= 0.6 is 12.2 Å². The number of hydrogen-bond donors (Lipinski definition) is 2. The van der Waals surface area contributed by atoms with Gasteiger partial charge >= 0.3 is 5.97 Å². The van der Waals surface area contributed by atoms with Crippen molar-refractivity contribution in [1.29, 1.82) is 0 Å². The number of aliphatic hydroxyl groups is 1. The molecule has 2 aromatic rings. The fourth-order valence-corrected chi connectivity index (χ4v) is 3.27. The van der Waals surface area contributed by atoms with Crippen LogP contribution < -0.4 is 0 Å². The minimum Gasteiger partial charge on any atom is -0.468 e. The van der Waals surface area contributed by atoms with Gasteiger partial charge in [0.25, 0.3) is 0 Å². The molecule has 134 valence electrons. The highest BCUT2D eigenvalue weighted by molar-refractivity contribution is 7.71. The van der Waals surface area contributed by atoms with E-state index < -0.39 is 12.1 Å². The number of methoxy groups -OCH3 is 1. The van der Waals surface area contributed by atoms with Gasteiger partial charge in [0.05, 0.1) is 19.9 Å². The highest BCUT2D eigenvalue weighted by atomic mass is 32.1. The van der Waals surface area contributed by atoms with E-state index in [1.54, 1.807) is 4.68 Å². The van der Waals surface area contributed by atoms with Gasteiger partial charge in [0, 0.05) is 18.5 Å². The number of β-amino-alcohol motifs (C(OH)–C–C–N with tert-alkyl or cyclic N) is 1. The topological polar surface area (TPSA) is 83.4 Å². The molecule has 1 aromatic carbocycles. The van der Waals surface area contributed by atoms with Crippen LogP contribution in [0.15, 0.2) is 24.3 Å². The molecule has 0 unspecified atom stereocenters. The van der Waals surface area contributed by atoms with Crippen molar-refractivity contribution < 1.29 is 14.6 Å². The monoisotopic (exact) mass is 362 g/mol. The Hall–Kier alpha value is -2.03. The molecule has 0 radical (unpaired) electrons. The number of aliphatic hydroxyl groups excluding tert-OH is 1. The summed E-state index contributed by atoms with van der Waals surface area (Å²) in [6.45, 7) is 2.84. The smallest absolute Gasteiger partial charge is 0.323 e. The second kappa shape index (κ2) is 7.47. The zero-order chi connectivity index (χ0) is 18.0. The number of benzene rings is 1. The average Bonchev–Trinajstić information content (AvgIpc) is 3.17. The lowest BCUT2D eigenvalue weighted by Crippen LogP contribution is -2.38. The molecule has 8 heteroatoms. The first kappa shape index (κ1) is 17.8. The first-order valence-corrected chi connectivity index (χ1v) is 8.68. The van der Waals surface area contributed by atoms with Crippen molar-refractivity contribution in [3.63, 3.8) is 0 Å². The molecule has 0 spiro atoms. The Morgan fingerprint density at radius 3 is 2.80 bits per heavy atom. The van der Waals surface area contributed by atoms with Crippen molar-refractivity contribution in [3.05, 3.63) is 34.6 Å². The molecule has 3 rings (SSSR count). The summed E-state index contributed by atoms with van der Waals surface area (Å²) in [5.74, 6) is 0.333. The molecular weight excluding hydrogens is 340 g/mol. The van der Waals surface area contributed by atoms with E-state index in [9.17, 15) is 9.90 Å². The maximum Gasteiger partial charge on any atom is 0.323 e. The molecule has 2 heterocycles. The van der Waals surface area contributed by atoms with Crippen molar-refractivity contribution in [2.75, 3.05) is 13.7 Å². The zero-order valence-corrected chi connectivity index (χ0v) is 15.1. The minimum absolute atomic E-state index is 0.343. The molecule has 0 saturated carbocycles. The molecule has 2 atom stereocenters. The summed E-state index contributed by atoms with van der Waals surface area (Å²) in [6, 6.07) is 7.67. The Kier molecular flexibility index (Phi) is 5.31. The molecule has 1 fully saturated rings. The van der Waals surface area contributed by atoms with Crippen LogP contribution in [0.1, 0.15) is 18.9 Å². The first-order valence-electron chi connectivity index (χ1n) is 8.28. The quantitative estimate of drug-likeness (QED) is 0.623. The SMILES string of the molecule is CCc1ccc(-c2nc(=S)n(CN3C[C@@H](O)C[C@H]3C(=O)OC)[nH]2)cc1. The van der Waals surface area contributed by atoms with Gasteiger partial charge in [0.2, 0.25) is 4.77 Å². The van der Waals surface area contributed by atoms with Crippen LogP contribution in [-0.2, 0) is 22.6 Å². The van der Waals surface area contributed by atoms with Crippen molar-refractivity contribution in [3.8, 4) is 11.4 Å². The Balaban J connectivity index is 1.80. The highest BCUT2D eigenvalue weighted by Gasteiger charge is 2.37. The number of aromatic nitrogens is 3. The van der Waals surface area contributed by atoms with Crippen LogP contribution in [0.5, 0.6) is 0 Å². The van der Waals surface area contributed by atoms with Crippen molar-refractivity contribution in [2.45, 2.75) is 38.6 Å². The standard InChI is InChI=1S/C17H22N4O3S/c1-3-11-4-6-12(7-5-11)15-18-17(25)21(19-15)10-20-9-13(22)8-14(20)16(23)24-2/h4-7,13-14,22H,3,8-10H2,1-2H3,(H,18,19,25)/t13-,14-/m0/s1. The maximum atomic E-state index is 11.9. The van der Waals surface area contributed by atoms with E-state index in [4.69, 9.17) is 17.0 Å². The molecule has 7 nitrogen and oxygen atoms in total. The molecule has 0 bridgehead atoms. The summed E-state index contributed by atoms with van der Waals surface area (Å²) in [4.78, 5) is 18.1. The highest BCUT2D eigenvalue weighted by Crippen LogP contribution is 2.21. The van der Waals surface area contributed by atoms with Crippen LogP contribution in [0.3, 0.4) is 0 Å². The van der Waals surface area contributed by atoms with Gasteiger partial charge < -0.3 is 9.84 Å². The van der Waals surface area contributed by atoms with E-state index in [0.29, 0.717) is 30.2 Å². The summed E-state index contributed by atoms with van der Waals surface area (Å²) in [5, 5.41) is 13.1. The molecule has 25 heavy (non-hydrogen) atoms. The minimum atomic E-state index is -0.553. The predicted molar refractivity (Wildman–Crippen MR) is 95.4 cm³/mol. The lowest BCUT2D eigenvalue weighted by molar-refractivity contribution is -0.146. The van der Waals surface area contributed by atoms with E-state index in [1.807, 2.05) is 17.0 Å². The first-order chi connectivity index (χ1) is 12.0. The molecule has 1 aliphatic heterocycles. The maximum absolute atomic E-state index is 11.9. The summed E-state index contributed by atoms with van der Waals surface area (Å²) < 4.78 is 6.93. The second-order valence-corrected chi connectivity index (χ2v) is 6.54. The third kappa shape index (κ3) is 3.81. The number of carbonyl (C=O) groups is 1. The molecule has 1 aromatic heterocycles. The molecule has 0 amide bonds. The van der Waals surface area contributed by atoms with Crippen molar-refractivity contribution >= 4 is 18.2 Å². The lowest BCUT2D eigenvalue weighted by Gasteiger charge is -2.21. The summed E-state index contributed by atoms with van der Waals surface area (Å²) in [6.07, 6.45) is 0.790. The Morgan fingerprint density at radius 2 is 2.16 bits per heavy atom. The van der Waals surface area contributed by atoms with Gasteiger partial charge in [0.15, 0.2) is 5.82 Å². The normalized spacial score (nSPS) is 20.8. The van der Waals surface area contributed by atoms with Gasteiger partial charge in [-0.2, -0.15) is 4.98 Å². The van der Waals surface area contributed by atoms with E-state index in [-0.39, 0.29) is 5.97 Å². The van der Waals surface area contributed by atoms with Gasteiger partial charge in [-0.1, -0.05) is 31.2 Å². The molecule has 1 saturated heterocycles. The van der Waals surface area contributed by atoms with E-state index in [2.05, 4.69) is 29.1 Å². The Labute approximate surface area is 151 Å². The summed E-state index contributed by atoms with van der Waals surface area (Å²) in [5.41, 5.74) is 2.21. The van der Waals surface area contributed by atoms with E-state index in [0.717, 1.165) is 12.0 Å². The van der Waals surface area contributed by atoms with E-state index in [1.165, 1.54) is 12.7 Å². The van der Waals surface area contributed by atoms with Gasteiger partial charge in [-0.25, -0.2) is 4.68 Å². The average molecular weight is 362 g/mol. The number of ether oxygens (including phenoxy) is 1. The van der Waals surface area contributed by atoms with E-state index >= 15 is 0 Å². The molecule has 2 N–H and O–H groups in total. The Bertz CT molecular complexity index is 799. The summed E-state index contributed by atoms with van der Waals surface area (Å²) in [7, 11) is 1.35. The molecule has 1 aliphatic rings. The number of H-pyrrole nitrogens is 1. The number of nitrogens with one attached hydrogen (secondary N) is 1. The van der Waals surface area contributed by atoms with Crippen LogP contribution in [0, 0.1) is 4.77 Å². The zero-order valence-electron chi connectivity index (χ0n) is 14.3. The fraction of sp³-hybridized carbons (Fsp3) is 0.471. The largest absolute Gasteiger partial charge is 0.468 e. The van der Waals surface area contributed by atoms with Crippen molar-refractivity contribution in [2.24, 2.45) is 0 Å². The fourth-order valence-electron chi connectivity index (χ4n) is 3.08. The van der Waals surface area contributed by atoms with Crippen LogP contribution in [-0.4, -0.2) is 56.5 Å². The van der Waals surface area contributed by atoms with Crippen molar-refractivity contribution in [1.82, 2.24) is 19.7 Å². The van der Waals surface area contributed by atoms with Gasteiger partial charge in [-0.15, -0.1) is 0 Å². The van der Waals surface area contributed by atoms with Gasteiger partial charge in [0.1, 0.15) is 6.04 Å². The lowest BCUT2D eigenvalue weighted by atomic mass is 10.1. The number of rotatable bonds is 5. The summed E-state index contributed by atoms with van der Waals surface area (Å²) >= 11 is 5.33. The van der Waals surface area contributed by atoms with Crippen LogP contribution in [0.4, 0.5) is 0 Å². The number of likely N-dealkylation sites (tertiary alicyclic amines) is 1. The molecule has 0 aliphatic carbocycles. The van der Waals surface area contributed by atoms with Gasteiger partial charge in [-0.3, -0.25) is 14.8 Å².